The van der Waals surface area contributed by atoms with Crippen LogP contribution < -0.4 is 0 Å². The summed E-state index contributed by atoms with van der Waals surface area (Å²) in [6.07, 6.45) is 12.3. The molecule has 0 aromatic heterocycles. The fourth-order valence-electron chi connectivity index (χ4n) is 3.46. The highest BCUT2D eigenvalue weighted by molar-refractivity contribution is 6.56. The molecule has 0 spiro atoms. The first-order valence-corrected chi connectivity index (χ1v) is 11.8. The summed E-state index contributed by atoms with van der Waals surface area (Å²) in [5, 5.41) is 0. The van der Waals surface area contributed by atoms with Gasteiger partial charge in [0, 0.05) is 25.2 Å². The Bertz CT molecular complexity index is 959. The zero-order valence-corrected chi connectivity index (χ0v) is 23.0. The van der Waals surface area contributed by atoms with Gasteiger partial charge in [0.1, 0.15) is 0 Å². The molecule has 0 unspecified atom stereocenters. The van der Waals surface area contributed by atoms with Gasteiger partial charge in [0.15, 0.2) is 0 Å². The number of aliphatic imine (C=N–C) groups is 2. The van der Waals surface area contributed by atoms with E-state index in [0.717, 1.165) is 23.4 Å². The van der Waals surface area contributed by atoms with Crippen LogP contribution in [0.15, 0.2) is 79.4 Å². The largest absolute Gasteiger partial charge is 0.286 e. The van der Waals surface area contributed by atoms with Crippen LogP contribution in [0.3, 0.4) is 0 Å². The molecule has 0 atom stereocenters. The van der Waals surface area contributed by atoms with E-state index in [1.54, 1.807) is 0 Å². The minimum atomic E-state index is 0.164. The summed E-state index contributed by atoms with van der Waals surface area (Å²) in [5.74, 6) is 0. The first-order valence-electron chi connectivity index (χ1n) is 11.8. The molecular weight excluding hydrogens is 388 g/mol. The van der Waals surface area contributed by atoms with Crippen LogP contribution in [-0.4, -0.2) is 25.5 Å². The maximum Gasteiger partial charge on any atom is 0.0906 e. The maximum absolute atomic E-state index is 4.69. The Morgan fingerprint density at radius 3 is 1.75 bits per heavy atom. The van der Waals surface area contributed by atoms with Crippen molar-refractivity contribution < 1.29 is 0 Å². The van der Waals surface area contributed by atoms with Crippen molar-refractivity contribution in [2.75, 3.05) is 14.1 Å². The summed E-state index contributed by atoms with van der Waals surface area (Å²) in [4.78, 5) is 9.37. The monoisotopic (exact) mass is 434 g/mol. The number of hydrogen-bond acceptors (Lipinski definition) is 2. The van der Waals surface area contributed by atoms with E-state index in [4.69, 9.17) is 4.99 Å². The van der Waals surface area contributed by atoms with E-state index in [-0.39, 0.29) is 10.8 Å². The predicted molar refractivity (Wildman–Crippen MR) is 146 cm³/mol. The second-order valence-electron chi connectivity index (χ2n) is 10.6. The van der Waals surface area contributed by atoms with Gasteiger partial charge in [-0.3, -0.25) is 9.98 Å². The second-order valence-corrected chi connectivity index (χ2v) is 10.6. The van der Waals surface area contributed by atoms with Gasteiger partial charge in [0.05, 0.1) is 11.4 Å². The third kappa shape index (κ3) is 6.64. The van der Waals surface area contributed by atoms with Gasteiger partial charge in [-0.25, -0.2) is 0 Å². The van der Waals surface area contributed by atoms with Crippen LogP contribution in [0.1, 0.15) is 82.6 Å². The van der Waals surface area contributed by atoms with Crippen molar-refractivity contribution in [1.82, 2.24) is 0 Å². The number of nitrogens with zero attached hydrogens (tertiary/aromatic N) is 2. The van der Waals surface area contributed by atoms with Gasteiger partial charge in [-0.1, -0.05) is 77.0 Å². The van der Waals surface area contributed by atoms with E-state index in [9.17, 15) is 0 Å². The molecule has 0 aliphatic heterocycles. The first kappa shape index (κ1) is 27.8. The van der Waals surface area contributed by atoms with Gasteiger partial charge < -0.3 is 0 Å². The third-order valence-electron chi connectivity index (χ3n) is 7.04. The molecule has 176 valence electrons. The Kier molecular flexibility index (Phi) is 9.63. The van der Waals surface area contributed by atoms with Crippen molar-refractivity contribution in [2.24, 2.45) is 20.8 Å². The fourth-order valence-corrected chi connectivity index (χ4v) is 3.46. The molecule has 0 heterocycles. The van der Waals surface area contributed by atoms with Crippen LogP contribution in [0.4, 0.5) is 0 Å². The molecular formula is C30H46N2. The highest BCUT2D eigenvalue weighted by atomic mass is 14.8. The predicted octanol–water partition coefficient (Wildman–Crippen LogP) is 8.65. The normalized spacial score (nSPS) is 20.5. The molecule has 1 rings (SSSR count). The molecule has 2 heteroatoms. The van der Waals surface area contributed by atoms with Gasteiger partial charge in [-0.15, -0.1) is 0 Å². The summed E-state index contributed by atoms with van der Waals surface area (Å²) in [6.45, 7) is 24.5. The van der Waals surface area contributed by atoms with Gasteiger partial charge in [0.25, 0.3) is 0 Å². The molecule has 1 aliphatic rings. The number of allylic oxidation sites excluding steroid dienone is 12. The average molecular weight is 435 g/mol. The lowest BCUT2D eigenvalue weighted by molar-refractivity contribution is 0.429. The zero-order valence-electron chi connectivity index (χ0n) is 23.0. The molecule has 0 N–H and O–H groups in total. The summed E-state index contributed by atoms with van der Waals surface area (Å²) in [5.41, 5.74) is 11.0. The lowest BCUT2D eigenvalue weighted by Crippen LogP contribution is -2.25. The van der Waals surface area contributed by atoms with E-state index >= 15 is 0 Å². The first-order chi connectivity index (χ1) is 14.7. The Labute approximate surface area is 198 Å². The number of rotatable bonds is 6. The van der Waals surface area contributed by atoms with E-state index < -0.39 is 0 Å². The van der Waals surface area contributed by atoms with E-state index in [1.807, 2.05) is 14.1 Å². The smallest absolute Gasteiger partial charge is 0.0906 e. The Morgan fingerprint density at radius 2 is 1.28 bits per heavy atom. The third-order valence-corrected chi connectivity index (χ3v) is 7.04. The molecule has 0 aromatic rings. The minimum absolute atomic E-state index is 0.164. The van der Waals surface area contributed by atoms with Crippen LogP contribution in [0, 0.1) is 10.8 Å². The van der Waals surface area contributed by atoms with Crippen LogP contribution in [0.2, 0.25) is 0 Å². The van der Waals surface area contributed by atoms with Crippen LogP contribution >= 0.6 is 0 Å². The molecule has 0 aromatic carbocycles. The highest BCUT2D eigenvalue weighted by Crippen LogP contribution is 2.32. The Morgan fingerprint density at radius 1 is 0.781 bits per heavy atom. The minimum Gasteiger partial charge on any atom is -0.286 e. The summed E-state index contributed by atoms with van der Waals surface area (Å²) < 4.78 is 0. The lowest BCUT2D eigenvalue weighted by atomic mass is 9.81. The van der Waals surface area contributed by atoms with Crippen molar-refractivity contribution >= 4 is 11.4 Å². The lowest BCUT2D eigenvalue weighted by Gasteiger charge is -2.25. The molecule has 0 fully saturated rings. The van der Waals surface area contributed by atoms with Crippen molar-refractivity contribution in [3.8, 4) is 0 Å². The van der Waals surface area contributed by atoms with Crippen molar-refractivity contribution in [2.45, 2.75) is 82.6 Å². The molecule has 0 bridgehead atoms. The Hall–Kier alpha value is -2.22. The maximum atomic E-state index is 4.69. The average Bonchev–Trinajstić information content (AvgIpc) is 2.73. The zero-order chi connectivity index (χ0) is 24.9. The van der Waals surface area contributed by atoms with E-state index in [1.165, 1.54) is 33.4 Å². The molecule has 32 heavy (non-hydrogen) atoms. The van der Waals surface area contributed by atoms with Crippen LogP contribution in [0.5, 0.6) is 0 Å². The molecule has 0 saturated carbocycles. The van der Waals surface area contributed by atoms with E-state index in [0.29, 0.717) is 0 Å². The summed E-state index contributed by atoms with van der Waals surface area (Å²) in [7, 11) is 3.73. The fraction of sp³-hybridized carbons (Fsp3) is 0.533. The van der Waals surface area contributed by atoms with Gasteiger partial charge in [-0.2, -0.15) is 0 Å². The highest BCUT2D eigenvalue weighted by Gasteiger charge is 2.25. The molecule has 0 saturated heterocycles. The van der Waals surface area contributed by atoms with Gasteiger partial charge in [-0.05, 0) is 74.7 Å². The quantitative estimate of drug-likeness (QED) is 0.295. The summed E-state index contributed by atoms with van der Waals surface area (Å²) >= 11 is 0. The van der Waals surface area contributed by atoms with Crippen LogP contribution in [0.25, 0.3) is 0 Å². The van der Waals surface area contributed by atoms with Gasteiger partial charge in [0.2, 0.25) is 0 Å². The number of hydrogen-bond donors (Lipinski definition) is 0. The molecule has 2 nitrogen and oxygen atoms in total. The molecule has 0 amide bonds. The van der Waals surface area contributed by atoms with Crippen molar-refractivity contribution in [3.05, 3.63) is 69.4 Å². The SMILES string of the molecule is CCC(C)(C)/C(C)=C/C=C(\C)C1=CC(C)=C(/C(C)=C/C=C(\C)C(C)(C)C)C(=N/C)/C1=N\C. The van der Waals surface area contributed by atoms with E-state index in [2.05, 4.69) is 112 Å². The summed E-state index contributed by atoms with van der Waals surface area (Å²) in [6, 6.07) is 0. The van der Waals surface area contributed by atoms with Crippen molar-refractivity contribution in [3.63, 3.8) is 0 Å². The van der Waals surface area contributed by atoms with Crippen LogP contribution in [-0.2, 0) is 0 Å². The Balaban J connectivity index is 3.57. The molecule has 1 aliphatic carbocycles. The topological polar surface area (TPSA) is 24.7 Å². The standard InChI is InChI=1S/C30H46N2/c1-14-30(10,11)24(6)18-15-20(2)25-19-22(4)26(28(32-13)27(25)31-12)21(3)16-17-23(5)29(7,8)9/h15-19H,14H2,1-13H3/b20-15+,21-16+,23-17+,24-18+,31-27-,32-28-. The van der Waals surface area contributed by atoms with Crippen molar-refractivity contribution in [1.29, 1.82) is 0 Å². The second kappa shape index (κ2) is 11.1. The molecule has 0 radical (unpaired) electrons. The van der Waals surface area contributed by atoms with Gasteiger partial charge >= 0.3 is 0 Å².